The van der Waals surface area contributed by atoms with Crippen molar-refractivity contribution in [2.75, 3.05) is 25.6 Å². The molecule has 1 unspecified atom stereocenters. The lowest BCUT2D eigenvalue weighted by Crippen LogP contribution is -2.13. The van der Waals surface area contributed by atoms with Crippen LogP contribution in [0, 0.1) is 6.92 Å². The van der Waals surface area contributed by atoms with E-state index in [9.17, 15) is 9.90 Å². The number of nitrogens with one attached hydrogen (secondary N) is 1. The van der Waals surface area contributed by atoms with Crippen molar-refractivity contribution in [2.24, 2.45) is 0 Å². The van der Waals surface area contributed by atoms with Crippen molar-refractivity contribution < 1.29 is 23.8 Å². The van der Waals surface area contributed by atoms with Crippen LogP contribution in [-0.4, -0.2) is 36.4 Å². The Morgan fingerprint density at radius 2 is 1.88 bits per heavy atom. The molecule has 2 aromatic carbocycles. The van der Waals surface area contributed by atoms with Crippen molar-refractivity contribution in [3.8, 4) is 5.75 Å². The Morgan fingerprint density at radius 1 is 1.09 bits per heavy atom. The predicted molar refractivity (Wildman–Crippen MR) is 121 cm³/mol. The van der Waals surface area contributed by atoms with Crippen molar-refractivity contribution in [3.63, 3.8) is 0 Å². The number of aromatic nitrogens is 1. The summed E-state index contributed by atoms with van der Waals surface area (Å²) in [6.45, 7) is 2.43. The fraction of sp³-hybridized carbons (Fsp3) is 0.200. The van der Waals surface area contributed by atoms with Gasteiger partial charge in [0, 0.05) is 29.4 Å². The van der Waals surface area contributed by atoms with Crippen molar-refractivity contribution in [2.45, 2.75) is 13.0 Å². The highest BCUT2D eigenvalue weighted by Gasteiger charge is 2.22. The number of aromatic hydroxyl groups is 1. The van der Waals surface area contributed by atoms with Gasteiger partial charge in [-0.1, -0.05) is 18.2 Å². The zero-order chi connectivity index (χ0) is 22.5. The van der Waals surface area contributed by atoms with Crippen molar-refractivity contribution >= 4 is 22.6 Å². The minimum absolute atomic E-state index is 0.0958. The molecule has 1 atom stereocenters. The van der Waals surface area contributed by atoms with E-state index in [0.717, 1.165) is 16.8 Å². The Bertz CT molecular complexity index is 1200. The average Bonchev–Trinajstić information content (AvgIpc) is 3.34. The summed E-state index contributed by atoms with van der Waals surface area (Å²) in [5.74, 6) is 0.318. The number of nitrogens with zero attached hydrogens (tertiary/aromatic N) is 1. The molecule has 0 saturated heterocycles. The molecule has 0 amide bonds. The van der Waals surface area contributed by atoms with E-state index < -0.39 is 12.0 Å². The van der Waals surface area contributed by atoms with E-state index in [4.69, 9.17) is 13.9 Å². The summed E-state index contributed by atoms with van der Waals surface area (Å²) in [7, 11) is 1.55. The summed E-state index contributed by atoms with van der Waals surface area (Å²) in [4.78, 5) is 16.6. The Kier molecular flexibility index (Phi) is 6.37. The van der Waals surface area contributed by atoms with E-state index in [1.807, 2.05) is 37.3 Å². The van der Waals surface area contributed by atoms with E-state index >= 15 is 0 Å². The molecule has 2 N–H and O–H groups in total. The molecule has 4 rings (SSSR count). The summed E-state index contributed by atoms with van der Waals surface area (Å²) >= 11 is 0. The average molecular weight is 432 g/mol. The highest BCUT2D eigenvalue weighted by atomic mass is 16.6. The second-order valence-corrected chi connectivity index (χ2v) is 7.33. The minimum atomic E-state index is -0.462. The van der Waals surface area contributed by atoms with E-state index in [1.54, 1.807) is 43.7 Å². The monoisotopic (exact) mass is 432 g/mol. The number of rotatable bonds is 8. The van der Waals surface area contributed by atoms with Crippen LogP contribution in [0.5, 0.6) is 5.75 Å². The second kappa shape index (κ2) is 9.53. The quantitative estimate of drug-likeness (QED) is 0.304. The third-order valence-corrected chi connectivity index (χ3v) is 5.10. The van der Waals surface area contributed by atoms with Gasteiger partial charge in [0.25, 0.3) is 0 Å². The number of benzene rings is 2. The molecule has 7 heteroatoms. The first-order valence-electron chi connectivity index (χ1n) is 10.2. The third-order valence-electron chi connectivity index (χ3n) is 5.10. The van der Waals surface area contributed by atoms with Gasteiger partial charge < -0.3 is 24.3 Å². The van der Waals surface area contributed by atoms with Gasteiger partial charge in [-0.15, -0.1) is 0 Å². The first kappa shape index (κ1) is 21.4. The molecule has 0 aliphatic carbocycles. The van der Waals surface area contributed by atoms with Crippen LogP contribution in [-0.2, 0) is 9.47 Å². The molecule has 4 aromatic rings. The van der Waals surface area contributed by atoms with Crippen molar-refractivity contribution in [1.29, 1.82) is 0 Å². The van der Waals surface area contributed by atoms with Crippen molar-refractivity contribution in [3.05, 3.63) is 89.5 Å². The molecule has 7 nitrogen and oxygen atoms in total. The number of hydrogen-bond acceptors (Lipinski definition) is 7. The van der Waals surface area contributed by atoms with Crippen LogP contribution in [0.2, 0.25) is 0 Å². The minimum Gasteiger partial charge on any atom is -0.505 e. The van der Waals surface area contributed by atoms with Gasteiger partial charge in [-0.2, -0.15) is 0 Å². The van der Waals surface area contributed by atoms with Crippen LogP contribution in [0.1, 0.15) is 33.4 Å². The number of anilines is 1. The summed E-state index contributed by atoms with van der Waals surface area (Å²) in [6, 6.07) is 17.7. The maximum absolute atomic E-state index is 12.1. The molecule has 0 fully saturated rings. The largest absolute Gasteiger partial charge is 0.505 e. The van der Waals surface area contributed by atoms with Gasteiger partial charge in [0.15, 0.2) is 0 Å². The molecule has 0 bridgehead atoms. The Labute approximate surface area is 185 Å². The van der Waals surface area contributed by atoms with Gasteiger partial charge in [0.05, 0.1) is 18.4 Å². The predicted octanol–water partition coefficient (Wildman–Crippen LogP) is 4.85. The highest BCUT2D eigenvalue weighted by molar-refractivity contribution is 5.90. The lowest BCUT2D eigenvalue weighted by atomic mass is 10.00. The first-order valence-corrected chi connectivity index (χ1v) is 10.2. The smallest absolute Gasteiger partial charge is 0.338 e. The summed E-state index contributed by atoms with van der Waals surface area (Å²) < 4.78 is 15.7. The van der Waals surface area contributed by atoms with Crippen LogP contribution in [0.3, 0.4) is 0 Å². The van der Waals surface area contributed by atoms with Crippen LogP contribution in [0.25, 0.3) is 10.9 Å². The lowest BCUT2D eigenvalue weighted by molar-refractivity contribution is 0.0388. The Balaban J connectivity index is 1.62. The Hall–Kier alpha value is -3.84. The maximum Gasteiger partial charge on any atom is 0.338 e. The van der Waals surface area contributed by atoms with Crippen LogP contribution >= 0.6 is 0 Å². The number of carbonyl (C=O) groups excluding carboxylic acids is 1. The zero-order valence-electron chi connectivity index (χ0n) is 17.9. The number of ether oxygens (including phenoxy) is 2. The van der Waals surface area contributed by atoms with Crippen LogP contribution in [0.15, 0.2) is 71.3 Å². The van der Waals surface area contributed by atoms with Gasteiger partial charge in [-0.05, 0) is 49.4 Å². The molecule has 2 heterocycles. The molecule has 32 heavy (non-hydrogen) atoms. The molecule has 2 aromatic heterocycles. The maximum atomic E-state index is 12.1. The number of carbonyl (C=O) groups is 1. The van der Waals surface area contributed by atoms with Crippen LogP contribution < -0.4 is 5.32 Å². The highest BCUT2D eigenvalue weighted by Crippen LogP contribution is 2.36. The second-order valence-electron chi connectivity index (χ2n) is 7.33. The first-order chi connectivity index (χ1) is 15.6. The number of furan rings is 1. The number of esters is 1. The van der Waals surface area contributed by atoms with Crippen molar-refractivity contribution in [1.82, 2.24) is 4.98 Å². The number of methoxy groups -OCH3 is 1. The van der Waals surface area contributed by atoms with E-state index in [0.29, 0.717) is 29.0 Å². The molecule has 0 radical (unpaired) electrons. The van der Waals surface area contributed by atoms with Gasteiger partial charge >= 0.3 is 5.97 Å². The van der Waals surface area contributed by atoms with Gasteiger partial charge in [-0.3, -0.25) is 0 Å². The standard InChI is InChI=1S/C25H24N2O5/c1-16-5-6-17-9-12-20(24(28)22(17)26-16)23(21-4-3-13-31-21)27-19-10-7-18(8-11-19)25(29)32-15-14-30-2/h3-13,23,27-28H,14-15H2,1-2H3. The fourth-order valence-corrected chi connectivity index (χ4v) is 3.45. The number of pyridine rings is 1. The topological polar surface area (TPSA) is 93.8 Å². The molecular weight excluding hydrogens is 408 g/mol. The molecule has 0 spiro atoms. The number of hydrogen-bond donors (Lipinski definition) is 2. The van der Waals surface area contributed by atoms with E-state index in [2.05, 4.69) is 10.3 Å². The summed E-state index contributed by atoms with van der Waals surface area (Å²) in [6.07, 6.45) is 1.59. The van der Waals surface area contributed by atoms with Gasteiger partial charge in [0.1, 0.15) is 29.7 Å². The third kappa shape index (κ3) is 4.58. The number of phenolic OH excluding ortho intramolecular Hbond substituents is 1. The Morgan fingerprint density at radius 3 is 2.59 bits per heavy atom. The van der Waals surface area contributed by atoms with Crippen LogP contribution in [0.4, 0.5) is 5.69 Å². The lowest BCUT2D eigenvalue weighted by Gasteiger charge is -2.20. The normalized spacial score (nSPS) is 11.9. The summed E-state index contributed by atoms with van der Waals surface area (Å²) in [5.41, 5.74) is 3.18. The number of fused-ring (bicyclic) bond motifs is 1. The molecule has 0 saturated carbocycles. The van der Waals surface area contributed by atoms with Gasteiger partial charge in [-0.25, -0.2) is 9.78 Å². The fourth-order valence-electron chi connectivity index (χ4n) is 3.45. The summed E-state index contributed by atoms with van der Waals surface area (Å²) in [5, 5.41) is 15.3. The van der Waals surface area contributed by atoms with E-state index in [1.165, 1.54) is 0 Å². The van der Waals surface area contributed by atoms with E-state index in [-0.39, 0.29) is 12.4 Å². The molecule has 0 aliphatic rings. The number of aryl methyl sites for hydroxylation is 1. The van der Waals surface area contributed by atoms with Gasteiger partial charge in [0.2, 0.25) is 0 Å². The zero-order valence-corrected chi connectivity index (χ0v) is 17.9. The molecule has 164 valence electrons. The SMILES string of the molecule is COCCOC(=O)c1ccc(NC(c2ccco2)c2ccc3ccc(C)nc3c2O)cc1. The number of phenols is 1. The molecule has 0 aliphatic heterocycles. The molecular formula is C25H24N2O5.